The van der Waals surface area contributed by atoms with Gasteiger partial charge in [-0.15, -0.1) is 0 Å². The first-order valence-electron chi connectivity index (χ1n) is 7.32. The van der Waals surface area contributed by atoms with Crippen LogP contribution in [0.15, 0.2) is 84.9 Å². The smallest absolute Gasteiger partial charge is 0.237 e. The van der Waals surface area contributed by atoms with Crippen LogP contribution in [-0.4, -0.2) is 5.91 Å². The lowest BCUT2D eigenvalue weighted by Gasteiger charge is -2.32. The summed E-state index contributed by atoms with van der Waals surface area (Å²) in [5, 5.41) is 0. The summed E-state index contributed by atoms with van der Waals surface area (Å²) in [6.07, 6.45) is 0. The first kappa shape index (κ1) is 15.0. The predicted molar refractivity (Wildman–Crippen MR) is 88.4 cm³/mol. The number of carbonyl (C=O) groups is 1. The number of carbonyl (C=O) groups excluding carboxylic acids is 1. The second-order valence-electron chi connectivity index (χ2n) is 5.35. The molecular formula is C20H16FNO. The van der Waals surface area contributed by atoms with Gasteiger partial charge in [0.05, 0.1) is 0 Å². The van der Waals surface area contributed by atoms with Gasteiger partial charge in [-0.05, 0) is 28.8 Å². The van der Waals surface area contributed by atoms with E-state index >= 15 is 0 Å². The average molecular weight is 305 g/mol. The van der Waals surface area contributed by atoms with Crippen LogP contribution in [0.5, 0.6) is 0 Å². The number of hydrogen-bond acceptors (Lipinski definition) is 1. The molecule has 3 aromatic rings. The van der Waals surface area contributed by atoms with Gasteiger partial charge in [0.2, 0.25) is 5.91 Å². The van der Waals surface area contributed by atoms with Crippen LogP contribution in [-0.2, 0) is 10.2 Å². The van der Waals surface area contributed by atoms with Crippen LogP contribution in [0.2, 0.25) is 0 Å². The molecule has 0 aliphatic rings. The second-order valence-corrected chi connectivity index (χ2v) is 5.35. The lowest BCUT2D eigenvalue weighted by atomic mass is 9.69. The van der Waals surface area contributed by atoms with Gasteiger partial charge in [0.1, 0.15) is 11.2 Å². The summed E-state index contributed by atoms with van der Waals surface area (Å²) in [6.45, 7) is 0. The molecule has 23 heavy (non-hydrogen) atoms. The summed E-state index contributed by atoms with van der Waals surface area (Å²) in [4.78, 5) is 12.6. The fraction of sp³-hybridized carbons (Fsp3) is 0.0500. The molecule has 2 nitrogen and oxygen atoms in total. The third kappa shape index (κ3) is 2.50. The molecule has 0 atom stereocenters. The van der Waals surface area contributed by atoms with Crippen molar-refractivity contribution >= 4 is 5.91 Å². The van der Waals surface area contributed by atoms with Gasteiger partial charge < -0.3 is 5.73 Å². The Morgan fingerprint density at radius 3 is 1.48 bits per heavy atom. The number of benzene rings is 3. The van der Waals surface area contributed by atoms with Crippen molar-refractivity contribution in [3.63, 3.8) is 0 Å². The SMILES string of the molecule is NC(=O)C(c1ccccc1)(c1ccccc1)c1ccc(F)cc1. The molecule has 0 unspecified atom stereocenters. The lowest BCUT2D eigenvalue weighted by Crippen LogP contribution is -2.43. The minimum absolute atomic E-state index is 0.353. The molecule has 3 rings (SSSR count). The molecule has 3 aromatic carbocycles. The van der Waals surface area contributed by atoms with Gasteiger partial charge in [-0.3, -0.25) is 4.79 Å². The first-order chi connectivity index (χ1) is 11.2. The maximum Gasteiger partial charge on any atom is 0.237 e. The summed E-state index contributed by atoms with van der Waals surface area (Å²) >= 11 is 0. The Hall–Kier alpha value is -2.94. The molecule has 3 heteroatoms. The highest BCUT2D eigenvalue weighted by Crippen LogP contribution is 2.39. The zero-order chi connectivity index (χ0) is 16.3. The molecule has 2 N–H and O–H groups in total. The van der Waals surface area contributed by atoms with Gasteiger partial charge in [-0.1, -0.05) is 72.8 Å². The van der Waals surface area contributed by atoms with E-state index < -0.39 is 11.3 Å². The highest BCUT2D eigenvalue weighted by molar-refractivity contribution is 5.95. The van der Waals surface area contributed by atoms with E-state index in [4.69, 9.17) is 5.73 Å². The zero-order valence-electron chi connectivity index (χ0n) is 12.4. The van der Waals surface area contributed by atoms with Crippen LogP contribution < -0.4 is 5.73 Å². The van der Waals surface area contributed by atoms with Crippen LogP contribution in [0.4, 0.5) is 4.39 Å². The normalized spacial score (nSPS) is 11.2. The molecule has 0 saturated carbocycles. The third-order valence-corrected chi connectivity index (χ3v) is 4.06. The fourth-order valence-corrected chi connectivity index (χ4v) is 3.00. The summed E-state index contributed by atoms with van der Waals surface area (Å²) in [6, 6.07) is 24.6. The minimum Gasteiger partial charge on any atom is -0.368 e. The molecule has 114 valence electrons. The van der Waals surface area contributed by atoms with E-state index in [0.29, 0.717) is 5.56 Å². The monoisotopic (exact) mass is 305 g/mol. The zero-order valence-corrected chi connectivity index (χ0v) is 12.4. The van der Waals surface area contributed by atoms with Crippen molar-refractivity contribution in [2.75, 3.05) is 0 Å². The standard InChI is InChI=1S/C20H16FNO/c21-18-13-11-17(12-14-18)20(19(22)23,15-7-3-1-4-8-15)16-9-5-2-6-10-16/h1-14H,(H2,22,23). The molecule has 0 aliphatic heterocycles. The number of halogens is 1. The molecule has 0 bridgehead atoms. The second kappa shape index (κ2) is 6.05. The third-order valence-electron chi connectivity index (χ3n) is 4.06. The minimum atomic E-state index is -1.16. The van der Waals surface area contributed by atoms with E-state index in [9.17, 15) is 9.18 Å². The quantitative estimate of drug-likeness (QED) is 0.735. The van der Waals surface area contributed by atoms with Crippen LogP contribution in [0, 0.1) is 5.82 Å². The Morgan fingerprint density at radius 2 is 1.09 bits per heavy atom. The molecule has 0 saturated heterocycles. The summed E-state index contributed by atoms with van der Waals surface area (Å²) in [7, 11) is 0. The highest BCUT2D eigenvalue weighted by atomic mass is 19.1. The van der Waals surface area contributed by atoms with Crippen LogP contribution in [0.1, 0.15) is 16.7 Å². The van der Waals surface area contributed by atoms with Gasteiger partial charge in [-0.2, -0.15) is 0 Å². The number of hydrogen-bond donors (Lipinski definition) is 1. The topological polar surface area (TPSA) is 43.1 Å². The summed E-state index contributed by atoms with van der Waals surface area (Å²) < 4.78 is 13.4. The summed E-state index contributed by atoms with van der Waals surface area (Å²) in [5.74, 6) is -0.852. The van der Waals surface area contributed by atoms with Crippen molar-refractivity contribution in [1.82, 2.24) is 0 Å². The molecule has 0 fully saturated rings. The average Bonchev–Trinajstić information content (AvgIpc) is 2.59. The maximum atomic E-state index is 13.4. The van der Waals surface area contributed by atoms with E-state index in [2.05, 4.69) is 0 Å². The van der Waals surface area contributed by atoms with Crippen LogP contribution >= 0.6 is 0 Å². The van der Waals surface area contributed by atoms with Gasteiger partial charge in [-0.25, -0.2) is 4.39 Å². The van der Waals surface area contributed by atoms with Gasteiger partial charge >= 0.3 is 0 Å². The van der Waals surface area contributed by atoms with Gasteiger partial charge in [0, 0.05) is 0 Å². The van der Waals surface area contributed by atoms with E-state index in [0.717, 1.165) is 11.1 Å². The molecule has 0 aliphatic carbocycles. The molecule has 0 spiro atoms. The molecular weight excluding hydrogens is 289 g/mol. The Bertz CT molecular complexity index is 759. The Kier molecular flexibility index (Phi) is 3.94. The lowest BCUT2D eigenvalue weighted by molar-refractivity contribution is -0.120. The van der Waals surface area contributed by atoms with Crippen molar-refractivity contribution < 1.29 is 9.18 Å². The molecule has 0 aromatic heterocycles. The van der Waals surface area contributed by atoms with Crippen LogP contribution in [0.25, 0.3) is 0 Å². The Balaban J connectivity index is 2.36. The Morgan fingerprint density at radius 1 is 0.696 bits per heavy atom. The molecule has 0 radical (unpaired) electrons. The molecule has 0 heterocycles. The van der Waals surface area contributed by atoms with Crippen LogP contribution in [0.3, 0.4) is 0 Å². The van der Waals surface area contributed by atoms with E-state index in [1.807, 2.05) is 60.7 Å². The first-order valence-corrected chi connectivity index (χ1v) is 7.32. The van der Waals surface area contributed by atoms with Crippen molar-refractivity contribution in [2.24, 2.45) is 5.73 Å². The summed E-state index contributed by atoms with van der Waals surface area (Å²) in [5.41, 5.74) is 6.87. The van der Waals surface area contributed by atoms with Crippen molar-refractivity contribution in [3.8, 4) is 0 Å². The van der Waals surface area contributed by atoms with E-state index in [1.54, 1.807) is 12.1 Å². The van der Waals surface area contributed by atoms with E-state index in [1.165, 1.54) is 12.1 Å². The number of nitrogens with two attached hydrogens (primary N) is 1. The van der Waals surface area contributed by atoms with E-state index in [-0.39, 0.29) is 5.82 Å². The number of primary amides is 1. The maximum absolute atomic E-state index is 13.4. The Labute approximate surface area is 134 Å². The largest absolute Gasteiger partial charge is 0.368 e. The fourth-order valence-electron chi connectivity index (χ4n) is 3.00. The predicted octanol–water partition coefficient (Wildman–Crippen LogP) is 3.65. The highest BCUT2D eigenvalue weighted by Gasteiger charge is 2.42. The number of amides is 1. The molecule has 1 amide bonds. The van der Waals surface area contributed by atoms with Crippen molar-refractivity contribution in [1.29, 1.82) is 0 Å². The van der Waals surface area contributed by atoms with Gasteiger partial charge in [0.15, 0.2) is 0 Å². The number of rotatable bonds is 4. The van der Waals surface area contributed by atoms with Gasteiger partial charge in [0.25, 0.3) is 0 Å². The van der Waals surface area contributed by atoms with Crippen molar-refractivity contribution in [3.05, 3.63) is 107 Å². The van der Waals surface area contributed by atoms with Crippen molar-refractivity contribution in [2.45, 2.75) is 5.41 Å².